The lowest BCUT2D eigenvalue weighted by Crippen LogP contribution is -2.45. The first-order chi connectivity index (χ1) is 13.0. The minimum atomic E-state index is -0.943. The number of carbonyl (C=O) groups excluding carboxylic acids is 2. The first-order valence-corrected chi connectivity index (χ1v) is 9.30. The van der Waals surface area contributed by atoms with Crippen LogP contribution in [0.5, 0.6) is 5.75 Å². The Bertz CT molecular complexity index is 843. The Morgan fingerprint density at radius 3 is 2.52 bits per heavy atom. The average Bonchev–Trinajstić information content (AvgIpc) is 3.49. The monoisotopic (exact) mass is 366 g/mol. The molecule has 1 fully saturated rings. The molecule has 142 valence electrons. The molecule has 0 aromatic heterocycles. The molecule has 2 aromatic carbocycles. The van der Waals surface area contributed by atoms with E-state index in [-0.39, 0.29) is 11.8 Å². The Morgan fingerprint density at radius 1 is 1.15 bits per heavy atom. The Hall–Kier alpha value is -2.82. The van der Waals surface area contributed by atoms with Gasteiger partial charge < -0.3 is 15.0 Å². The van der Waals surface area contributed by atoms with Gasteiger partial charge in [-0.1, -0.05) is 30.3 Å². The molecule has 0 aliphatic heterocycles. The Balaban J connectivity index is 1.73. The zero-order valence-corrected chi connectivity index (χ0v) is 16.1. The molecule has 0 spiro atoms. The van der Waals surface area contributed by atoms with Gasteiger partial charge in [-0.25, -0.2) is 0 Å². The van der Waals surface area contributed by atoms with Gasteiger partial charge in [0, 0.05) is 24.3 Å². The van der Waals surface area contributed by atoms with Gasteiger partial charge in [-0.15, -0.1) is 0 Å². The fraction of sp³-hybridized carbons (Fsp3) is 0.364. The maximum atomic E-state index is 13.2. The normalized spacial score (nSPS) is 14.3. The minimum Gasteiger partial charge on any atom is -0.496 e. The third kappa shape index (κ3) is 3.82. The third-order valence-electron chi connectivity index (χ3n) is 5.10. The number of benzene rings is 2. The molecule has 27 heavy (non-hydrogen) atoms. The van der Waals surface area contributed by atoms with Crippen molar-refractivity contribution in [2.45, 2.75) is 33.2 Å². The highest BCUT2D eigenvalue weighted by Gasteiger charge is 2.58. The first-order valence-electron chi connectivity index (χ1n) is 9.30. The minimum absolute atomic E-state index is 0.117. The number of amides is 2. The number of hydrogen-bond donors (Lipinski definition) is 1. The van der Waals surface area contributed by atoms with Crippen LogP contribution >= 0.6 is 0 Å². The number of anilines is 1. The Labute approximate surface area is 160 Å². The molecule has 2 aromatic rings. The number of hydrogen-bond acceptors (Lipinski definition) is 3. The quantitative estimate of drug-likeness (QED) is 0.764. The summed E-state index contributed by atoms with van der Waals surface area (Å²) in [5, 5.41) is 2.93. The van der Waals surface area contributed by atoms with Crippen molar-refractivity contribution in [3.8, 4) is 5.75 Å². The third-order valence-corrected chi connectivity index (χ3v) is 5.10. The molecule has 0 radical (unpaired) electrons. The topological polar surface area (TPSA) is 58.6 Å². The molecule has 2 amide bonds. The molecule has 0 saturated heterocycles. The zero-order chi connectivity index (χ0) is 19.4. The van der Waals surface area contributed by atoms with Gasteiger partial charge in [-0.05, 0) is 50.5 Å². The molecule has 1 aliphatic rings. The van der Waals surface area contributed by atoms with Crippen LogP contribution in [-0.2, 0) is 16.1 Å². The van der Waals surface area contributed by atoms with Crippen LogP contribution in [0.1, 0.15) is 30.9 Å². The summed E-state index contributed by atoms with van der Waals surface area (Å²) in [7, 11) is 1.60. The van der Waals surface area contributed by atoms with Crippen LogP contribution in [0, 0.1) is 12.3 Å². The fourth-order valence-electron chi connectivity index (χ4n) is 3.35. The number of carbonyl (C=O) groups is 2. The molecule has 1 aliphatic carbocycles. The van der Waals surface area contributed by atoms with Crippen LogP contribution in [0.2, 0.25) is 0 Å². The van der Waals surface area contributed by atoms with Gasteiger partial charge in [0.2, 0.25) is 11.8 Å². The molecule has 1 saturated carbocycles. The van der Waals surface area contributed by atoms with Crippen LogP contribution in [0.4, 0.5) is 5.69 Å². The lowest BCUT2D eigenvalue weighted by molar-refractivity contribution is -0.135. The van der Waals surface area contributed by atoms with E-state index in [2.05, 4.69) is 5.32 Å². The number of nitrogens with zero attached hydrogens (tertiary/aromatic N) is 1. The van der Waals surface area contributed by atoms with Gasteiger partial charge in [-0.3, -0.25) is 9.59 Å². The van der Waals surface area contributed by atoms with Crippen molar-refractivity contribution in [2.75, 3.05) is 18.6 Å². The highest BCUT2D eigenvalue weighted by atomic mass is 16.5. The second kappa shape index (κ2) is 7.82. The summed E-state index contributed by atoms with van der Waals surface area (Å²) in [6.07, 6.45) is 1.18. The molecule has 5 heteroatoms. The lowest BCUT2D eigenvalue weighted by Gasteiger charge is -2.26. The second-order valence-corrected chi connectivity index (χ2v) is 6.97. The van der Waals surface area contributed by atoms with E-state index in [0.717, 1.165) is 22.6 Å². The van der Waals surface area contributed by atoms with Gasteiger partial charge in [-0.2, -0.15) is 0 Å². The summed E-state index contributed by atoms with van der Waals surface area (Å²) in [5.74, 6) is 0.404. The molecular weight excluding hydrogens is 340 g/mol. The van der Waals surface area contributed by atoms with Crippen molar-refractivity contribution in [1.29, 1.82) is 0 Å². The van der Waals surface area contributed by atoms with E-state index in [1.807, 2.05) is 62.4 Å². The predicted molar refractivity (Wildman–Crippen MR) is 106 cm³/mol. The van der Waals surface area contributed by atoms with E-state index in [4.69, 9.17) is 4.74 Å². The van der Waals surface area contributed by atoms with Crippen molar-refractivity contribution in [2.24, 2.45) is 5.41 Å². The van der Waals surface area contributed by atoms with Gasteiger partial charge >= 0.3 is 0 Å². The van der Waals surface area contributed by atoms with Gasteiger partial charge in [0.15, 0.2) is 0 Å². The maximum absolute atomic E-state index is 13.2. The van der Waals surface area contributed by atoms with Crippen LogP contribution in [0.25, 0.3) is 0 Å². The molecule has 0 bridgehead atoms. The molecule has 0 heterocycles. The van der Waals surface area contributed by atoms with Crippen LogP contribution in [-0.4, -0.2) is 25.5 Å². The second-order valence-electron chi connectivity index (χ2n) is 6.97. The van der Waals surface area contributed by atoms with Gasteiger partial charge in [0.05, 0.1) is 7.11 Å². The summed E-state index contributed by atoms with van der Waals surface area (Å²) < 4.78 is 5.32. The van der Waals surface area contributed by atoms with E-state index in [1.165, 1.54) is 0 Å². The predicted octanol–water partition coefficient (Wildman–Crippen LogP) is 3.45. The summed E-state index contributed by atoms with van der Waals surface area (Å²) in [4.78, 5) is 27.8. The van der Waals surface area contributed by atoms with Crippen LogP contribution < -0.4 is 15.0 Å². The molecular formula is C22H26N2O3. The molecule has 1 N–H and O–H groups in total. The van der Waals surface area contributed by atoms with Gasteiger partial charge in [0.1, 0.15) is 11.2 Å². The summed E-state index contributed by atoms with van der Waals surface area (Å²) >= 11 is 0. The van der Waals surface area contributed by atoms with Crippen molar-refractivity contribution in [3.63, 3.8) is 0 Å². The maximum Gasteiger partial charge on any atom is 0.242 e. The van der Waals surface area contributed by atoms with E-state index in [9.17, 15) is 9.59 Å². The number of rotatable bonds is 7. The van der Waals surface area contributed by atoms with Crippen molar-refractivity contribution in [3.05, 3.63) is 59.7 Å². The standard InChI is InChI=1S/C22H26N2O3/c1-4-24(18-10-7-8-16(2)14-18)21(26)22(12-13-22)20(25)23-15-17-9-5-6-11-19(17)27-3/h5-11,14H,4,12-13,15H2,1-3H3,(H,23,25). The summed E-state index contributed by atoms with van der Waals surface area (Å²) in [6.45, 7) is 4.80. The van der Waals surface area contributed by atoms with Crippen molar-refractivity contribution < 1.29 is 14.3 Å². The molecule has 3 rings (SSSR count). The number of ether oxygens (including phenoxy) is 1. The highest BCUT2D eigenvalue weighted by Crippen LogP contribution is 2.48. The summed E-state index contributed by atoms with van der Waals surface area (Å²) in [6, 6.07) is 15.4. The molecule has 5 nitrogen and oxygen atoms in total. The molecule has 0 atom stereocenters. The van der Waals surface area contributed by atoms with E-state index >= 15 is 0 Å². The smallest absolute Gasteiger partial charge is 0.242 e. The number of methoxy groups -OCH3 is 1. The van der Waals surface area contributed by atoms with E-state index in [1.54, 1.807) is 12.0 Å². The number of aryl methyl sites for hydroxylation is 1. The van der Waals surface area contributed by atoms with Crippen molar-refractivity contribution in [1.82, 2.24) is 5.32 Å². The van der Waals surface area contributed by atoms with Crippen LogP contribution in [0.3, 0.4) is 0 Å². The summed E-state index contributed by atoms with van der Waals surface area (Å²) in [5.41, 5.74) is 1.88. The Morgan fingerprint density at radius 2 is 1.89 bits per heavy atom. The number of para-hydroxylation sites is 1. The highest BCUT2D eigenvalue weighted by molar-refractivity contribution is 6.14. The van der Waals surface area contributed by atoms with Crippen molar-refractivity contribution >= 4 is 17.5 Å². The van der Waals surface area contributed by atoms with E-state index < -0.39 is 5.41 Å². The van der Waals surface area contributed by atoms with E-state index in [0.29, 0.717) is 25.9 Å². The largest absolute Gasteiger partial charge is 0.496 e. The zero-order valence-electron chi connectivity index (χ0n) is 16.1. The lowest BCUT2D eigenvalue weighted by atomic mass is 10.0. The average molecular weight is 366 g/mol. The van der Waals surface area contributed by atoms with Crippen LogP contribution in [0.15, 0.2) is 48.5 Å². The SMILES string of the molecule is CCN(C(=O)C1(C(=O)NCc2ccccc2OC)CC1)c1cccc(C)c1. The molecule has 0 unspecified atom stereocenters. The number of nitrogens with one attached hydrogen (secondary N) is 1. The first kappa shape index (κ1) is 19.0. The fourth-order valence-corrected chi connectivity index (χ4v) is 3.35. The Kier molecular flexibility index (Phi) is 5.49. The van der Waals surface area contributed by atoms with Gasteiger partial charge in [0.25, 0.3) is 0 Å².